The van der Waals surface area contributed by atoms with E-state index >= 15 is 0 Å². The van der Waals surface area contributed by atoms with Crippen LogP contribution in [-0.2, 0) is 9.53 Å². The van der Waals surface area contributed by atoms with E-state index in [1.54, 1.807) is 30.3 Å². The fraction of sp³-hybridized carbons (Fsp3) is 0.231. The molecule has 0 bridgehead atoms. The van der Waals surface area contributed by atoms with Gasteiger partial charge in [0, 0.05) is 22.2 Å². The quantitative estimate of drug-likeness (QED) is 0.170. The molecule has 39 heavy (non-hydrogen) atoms. The number of ether oxygens (including phenoxy) is 3. The second kappa shape index (κ2) is 16.4. The third kappa shape index (κ3) is 11.0. The van der Waals surface area contributed by atoms with Crippen LogP contribution in [0, 0.1) is 17.0 Å². The fourth-order valence-electron chi connectivity index (χ4n) is 2.68. The minimum Gasteiger partial charge on any atom is -0.479 e. The van der Waals surface area contributed by atoms with Gasteiger partial charge in [0.1, 0.15) is 22.8 Å². The minimum atomic E-state index is -0.987. The van der Waals surface area contributed by atoms with Crippen molar-refractivity contribution in [1.82, 2.24) is 5.32 Å². The topological polar surface area (TPSA) is 137 Å². The number of carbonyl (C=O) groups is 2. The van der Waals surface area contributed by atoms with Crippen LogP contribution in [0.1, 0.15) is 22.8 Å². The van der Waals surface area contributed by atoms with Gasteiger partial charge in [0.05, 0.1) is 17.1 Å². The number of nitrogens with one attached hydrogen (secondary N) is 1. The van der Waals surface area contributed by atoms with Crippen LogP contribution >= 0.6 is 34.8 Å². The van der Waals surface area contributed by atoms with Crippen molar-refractivity contribution in [2.45, 2.75) is 20.0 Å². The molecule has 210 valence electrons. The summed E-state index contributed by atoms with van der Waals surface area (Å²) in [6.07, 6.45) is -0.852. The molecule has 0 saturated carbocycles. The van der Waals surface area contributed by atoms with E-state index in [1.807, 2.05) is 21.0 Å². The Balaban J connectivity index is 0.000000384. The smallest absolute Gasteiger partial charge is 0.345 e. The molecule has 0 fully saturated rings. The summed E-state index contributed by atoms with van der Waals surface area (Å²) in [5.41, 5.74) is 0.238. The number of carboxylic acids is 1. The number of carbonyl (C=O) groups excluding carboxylic acids is 1. The SMILES string of the molecule is CNC.COC(=O)c1cc(Oc2ccc(Cl)cc2Cl)ccc1[N+](=O)[O-].Cc1cc(Cl)ccc1OC(C)C(=O)O. The third-order valence-corrected chi connectivity index (χ3v) is 5.25. The van der Waals surface area contributed by atoms with Crippen molar-refractivity contribution in [2.24, 2.45) is 0 Å². The Morgan fingerprint density at radius 1 is 0.974 bits per heavy atom. The first kappa shape index (κ1) is 33.5. The van der Waals surface area contributed by atoms with Crippen LogP contribution in [0.5, 0.6) is 17.2 Å². The van der Waals surface area contributed by atoms with Crippen LogP contribution in [0.2, 0.25) is 15.1 Å². The number of aliphatic carboxylic acids is 1. The molecule has 3 aromatic rings. The number of hydrogen-bond acceptors (Lipinski definition) is 8. The molecule has 13 heteroatoms. The highest BCUT2D eigenvalue weighted by atomic mass is 35.5. The minimum absolute atomic E-state index is 0.204. The molecule has 0 saturated heterocycles. The molecule has 2 N–H and O–H groups in total. The van der Waals surface area contributed by atoms with Crippen molar-refractivity contribution in [3.63, 3.8) is 0 Å². The molecule has 0 heterocycles. The van der Waals surface area contributed by atoms with E-state index in [4.69, 9.17) is 49.4 Å². The first-order chi connectivity index (χ1) is 18.3. The number of hydrogen-bond donors (Lipinski definition) is 2. The monoisotopic (exact) mass is 600 g/mol. The highest BCUT2D eigenvalue weighted by Crippen LogP contribution is 2.33. The fourth-order valence-corrected chi connectivity index (χ4v) is 3.36. The molecule has 0 spiro atoms. The largest absolute Gasteiger partial charge is 0.479 e. The first-order valence-corrected chi connectivity index (χ1v) is 12.2. The molecule has 1 atom stereocenters. The highest BCUT2D eigenvalue weighted by molar-refractivity contribution is 6.35. The van der Waals surface area contributed by atoms with E-state index in [-0.39, 0.29) is 22.0 Å². The number of nitro benzene ring substituents is 1. The molecule has 0 aromatic heterocycles. The Bertz CT molecular complexity index is 1300. The lowest BCUT2D eigenvalue weighted by Crippen LogP contribution is -2.23. The Morgan fingerprint density at radius 3 is 2.03 bits per heavy atom. The molecular formula is C26H27Cl3N2O8. The lowest BCUT2D eigenvalue weighted by Gasteiger charge is -2.12. The van der Waals surface area contributed by atoms with Gasteiger partial charge in [-0.1, -0.05) is 34.8 Å². The van der Waals surface area contributed by atoms with Crippen LogP contribution in [0.15, 0.2) is 54.6 Å². The molecule has 1 unspecified atom stereocenters. The molecule has 0 aliphatic rings. The summed E-state index contributed by atoms with van der Waals surface area (Å²) in [7, 11) is 4.88. The Labute approximate surface area is 240 Å². The van der Waals surface area contributed by atoms with Gasteiger partial charge in [-0.15, -0.1) is 0 Å². The second-order valence-electron chi connectivity index (χ2n) is 7.61. The average molecular weight is 602 g/mol. The van der Waals surface area contributed by atoms with E-state index in [9.17, 15) is 19.7 Å². The molecule has 10 nitrogen and oxygen atoms in total. The maximum Gasteiger partial charge on any atom is 0.345 e. The highest BCUT2D eigenvalue weighted by Gasteiger charge is 2.22. The number of halogens is 3. The van der Waals surface area contributed by atoms with Gasteiger partial charge in [-0.05, 0) is 76.0 Å². The number of esters is 1. The summed E-state index contributed by atoms with van der Waals surface area (Å²) < 4.78 is 15.2. The molecule has 0 amide bonds. The van der Waals surface area contributed by atoms with E-state index < -0.39 is 23.0 Å². The summed E-state index contributed by atoms with van der Waals surface area (Å²) in [6, 6.07) is 13.4. The van der Waals surface area contributed by atoms with E-state index in [0.29, 0.717) is 21.5 Å². The number of methoxy groups -OCH3 is 1. The number of nitrogens with zero attached hydrogens (tertiary/aromatic N) is 1. The van der Waals surface area contributed by atoms with Gasteiger partial charge in [0.15, 0.2) is 6.10 Å². The van der Waals surface area contributed by atoms with Gasteiger partial charge in [0.2, 0.25) is 0 Å². The van der Waals surface area contributed by atoms with E-state index in [1.165, 1.54) is 25.1 Å². The number of carboxylic acid groups (broad SMARTS) is 1. The van der Waals surface area contributed by atoms with Gasteiger partial charge >= 0.3 is 11.9 Å². The van der Waals surface area contributed by atoms with Crippen molar-refractivity contribution in [3.05, 3.63) is 90.9 Å². The maximum atomic E-state index is 11.6. The van der Waals surface area contributed by atoms with Crippen molar-refractivity contribution >= 4 is 52.4 Å². The standard InChI is InChI=1S/C14H9Cl2NO5.C10H11ClO3.C2H7N/c1-21-14(18)10-7-9(3-4-12(10)17(19)20)22-13-5-2-8(15)6-11(13)16;1-6-5-8(11)3-4-9(6)14-7(2)10(12)13;1-3-2/h2-7H,1H3;3-5,7H,1-2H3,(H,12,13);3H,1-2H3. The summed E-state index contributed by atoms with van der Waals surface area (Å²) in [6.45, 7) is 3.30. The van der Waals surface area contributed by atoms with E-state index in [2.05, 4.69) is 10.1 Å². The number of benzene rings is 3. The normalized spacial score (nSPS) is 10.6. The zero-order valence-electron chi connectivity index (χ0n) is 21.7. The van der Waals surface area contributed by atoms with Crippen LogP contribution in [0.4, 0.5) is 5.69 Å². The zero-order chi connectivity index (χ0) is 29.7. The van der Waals surface area contributed by atoms with Crippen LogP contribution in [-0.4, -0.2) is 49.3 Å². The number of aryl methyl sites for hydroxylation is 1. The van der Waals surface area contributed by atoms with Gasteiger partial charge in [-0.3, -0.25) is 10.1 Å². The summed E-state index contributed by atoms with van der Waals surface area (Å²) in [5.74, 6) is -0.769. The first-order valence-electron chi connectivity index (χ1n) is 11.1. The third-order valence-electron chi connectivity index (χ3n) is 4.48. The van der Waals surface area contributed by atoms with Gasteiger partial charge < -0.3 is 24.6 Å². The zero-order valence-corrected chi connectivity index (χ0v) is 23.9. The molecule has 0 aliphatic heterocycles. The summed E-state index contributed by atoms with van der Waals surface area (Å²) >= 11 is 17.5. The lowest BCUT2D eigenvalue weighted by atomic mass is 10.1. The van der Waals surface area contributed by atoms with Crippen LogP contribution < -0.4 is 14.8 Å². The molecule has 0 radical (unpaired) electrons. The molecule has 0 aliphatic carbocycles. The Kier molecular flexibility index (Phi) is 14.1. The summed E-state index contributed by atoms with van der Waals surface area (Å²) in [4.78, 5) is 32.4. The molecule has 3 aromatic carbocycles. The van der Waals surface area contributed by atoms with Crippen molar-refractivity contribution < 1.29 is 33.8 Å². The number of nitro groups is 1. The molecule has 3 rings (SSSR count). The molecular weight excluding hydrogens is 575 g/mol. The van der Waals surface area contributed by atoms with Crippen molar-refractivity contribution in [1.29, 1.82) is 0 Å². The number of rotatable bonds is 7. The van der Waals surface area contributed by atoms with Crippen molar-refractivity contribution in [3.8, 4) is 17.2 Å². The van der Waals surface area contributed by atoms with Crippen molar-refractivity contribution in [2.75, 3.05) is 21.2 Å². The van der Waals surface area contributed by atoms with Crippen LogP contribution in [0.3, 0.4) is 0 Å². The van der Waals surface area contributed by atoms with Gasteiger partial charge in [0.25, 0.3) is 5.69 Å². The Morgan fingerprint density at radius 2 is 1.54 bits per heavy atom. The van der Waals surface area contributed by atoms with Gasteiger partial charge in [-0.2, -0.15) is 0 Å². The predicted octanol–water partition coefficient (Wildman–Crippen LogP) is 6.82. The van der Waals surface area contributed by atoms with Crippen LogP contribution in [0.25, 0.3) is 0 Å². The Hall–Kier alpha value is -3.57. The lowest BCUT2D eigenvalue weighted by molar-refractivity contribution is -0.385. The van der Waals surface area contributed by atoms with E-state index in [0.717, 1.165) is 18.7 Å². The van der Waals surface area contributed by atoms with Gasteiger partial charge in [-0.25, -0.2) is 9.59 Å². The maximum absolute atomic E-state index is 11.6. The average Bonchev–Trinajstić information content (AvgIpc) is 2.87. The second-order valence-corrected chi connectivity index (χ2v) is 8.89. The predicted molar refractivity (Wildman–Crippen MR) is 150 cm³/mol. The summed E-state index contributed by atoms with van der Waals surface area (Å²) in [5, 5.41) is 23.6.